The van der Waals surface area contributed by atoms with Gasteiger partial charge in [-0.15, -0.1) is 0 Å². The van der Waals surface area contributed by atoms with Crippen LogP contribution < -0.4 is 15.4 Å². The standard InChI is InChI=1S/C20H15F2N3O3/c21-13-4-7-15(8-5-13)28-12-19(26)24-18-11-14(22)6-9-16(18)25-20(27)17-3-1-2-10-23-17/h1-11H,12H2,(H,24,26)(H,25,27). The maximum absolute atomic E-state index is 13.6. The summed E-state index contributed by atoms with van der Waals surface area (Å²) in [5.74, 6) is -1.80. The van der Waals surface area contributed by atoms with Gasteiger partial charge < -0.3 is 15.4 Å². The Labute approximate surface area is 159 Å². The number of rotatable bonds is 6. The molecule has 0 aliphatic carbocycles. The van der Waals surface area contributed by atoms with Crippen LogP contribution in [0.3, 0.4) is 0 Å². The second-order valence-electron chi connectivity index (χ2n) is 5.65. The van der Waals surface area contributed by atoms with Gasteiger partial charge in [-0.2, -0.15) is 0 Å². The largest absolute Gasteiger partial charge is 0.484 e. The molecule has 28 heavy (non-hydrogen) atoms. The Bertz CT molecular complexity index is 980. The van der Waals surface area contributed by atoms with E-state index in [2.05, 4.69) is 15.6 Å². The molecule has 6 nitrogen and oxygen atoms in total. The summed E-state index contributed by atoms with van der Waals surface area (Å²) in [6, 6.07) is 13.6. The highest BCUT2D eigenvalue weighted by Crippen LogP contribution is 2.23. The van der Waals surface area contributed by atoms with Gasteiger partial charge in [-0.1, -0.05) is 6.07 Å². The van der Waals surface area contributed by atoms with E-state index in [1.165, 1.54) is 42.6 Å². The molecule has 0 radical (unpaired) electrons. The van der Waals surface area contributed by atoms with E-state index in [0.717, 1.165) is 12.1 Å². The topological polar surface area (TPSA) is 80.3 Å². The Morgan fingerprint density at radius 2 is 1.64 bits per heavy atom. The number of carbonyl (C=O) groups is 2. The monoisotopic (exact) mass is 383 g/mol. The first kappa shape index (κ1) is 19.0. The fraction of sp³-hybridized carbons (Fsp3) is 0.0500. The van der Waals surface area contributed by atoms with Gasteiger partial charge in [-0.05, 0) is 54.6 Å². The van der Waals surface area contributed by atoms with Gasteiger partial charge in [-0.3, -0.25) is 14.6 Å². The normalized spacial score (nSPS) is 10.2. The SMILES string of the molecule is O=C(COc1ccc(F)cc1)Nc1cc(F)ccc1NC(=O)c1ccccn1. The van der Waals surface area contributed by atoms with Crippen molar-refractivity contribution in [3.8, 4) is 5.75 Å². The minimum Gasteiger partial charge on any atom is -0.484 e. The third-order valence-corrected chi connectivity index (χ3v) is 3.59. The van der Waals surface area contributed by atoms with Crippen LogP contribution >= 0.6 is 0 Å². The lowest BCUT2D eigenvalue weighted by Gasteiger charge is -2.13. The van der Waals surface area contributed by atoms with Crippen LogP contribution in [-0.2, 0) is 4.79 Å². The predicted octanol–water partition coefficient (Wildman–Crippen LogP) is 3.63. The first-order chi connectivity index (χ1) is 13.5. The Morgan fingerprint density at radius 1 is 0.893 bits per heavy atom. The number of aromatic nitrogens is 1. The van der Waals surface area contributed by atoms with Crippen LogP contribution in [0, 0.1) is 11.6 Å². The van der Waals surface area contributed by atoms with Crippen LogP contribution in [0.5, 0.6) is 5.75 Å². The average Bonchev–Trinajstić information content (AvgIpc) is 2.70. The van der Waals surface area contributed by atoms with E-state index < -0.39 is 23.4 Å². The lowest BCUT2D eigenvalue weighted by atomic mass is 10.2. The van der Waals surface area contributed by atoms with Gasteiger partial charge >= 0.3 is 0 Å². The summed E-state index contributed by atoms with van der Waals surface area (Å²) in [4.78, 5) is 28.3. The number of nitrogens with zero attached hydrogens (tertiary/aromatic N) is 1. The summed E-state index contributed by atoms with van der Waals surface area (Å²) in [6.07, 6.45) is 1.47. The Kier molecular flexibility index (Phi) is 5.91. The summed E-state index contributed by atoms with van der Waals surface area (Å²) in [7, 11) is 0. The fourth-order valence-corrected chi connectivity index (χ4v) is 2.28. The average molecular weight is 383 g/mol. The van der Waals surface area contributed by atoms with Crippen molar-refractivity contribution in [1.29, 1.82) is 0 Å². The van der Waals surface area contributed by atoms with Gasteiger partial charge in [0.05, 0.1) is 11.4 Å². The van der Waals surface area contributed by atoms with Crippen molar-refractivity contribution in [1.82, 2.24) is 4.98 Å². The van der Waals surface area contributed by atoms with Crippen LogP contribution in [0.1, 0.15) is 10.5 Å². The Balaban J connectivity index is 1.67. The first-order valence-electron chi connectivity index (χ1n) is 8.21. The first-order valence-corrected chi connectivity index (χ1v) is 8.21. The number of ether oxygens (including phenoxy) is 1. The van der Waals surface area contributed by atoms with Crippen LogP contribution in [0.25, 0.3) is 0 Å². The molecule has 0 aliphatic rings. The Morgan fingerprint density at radius 3 is 2.36 bits per heavy atom. The number of halogens is 2. The molecule has 0 aliphatic heterocycles. The highest BCUT2D eigenvalue weighted by Gasteiger charge is 2.13. The van der Waals surface area contributed by atoms with E-state index in [0.29, 0.717) is 5.75 Å². The lowest BCUT2D eigenvalue weighted by Crippen LogP contribution is -2.22. The number of pyridine rings is 1. The summed E-state index contributed by atoms with van der Waals surface area (Å²) < 4.78 is 31.7. The zero-order valence-corrected chi connectivity index (χ0v) is 14.5. The summed E-state index contributed by atoms with van der Waals surface area (Å²) in [5, 5.41) is 5.05. The highest BCUT2D eigenvalue weighted by atomic mass is 19.1. The number of benzene rings is 2. The number of anilines is 2. The smallest absolute Gasteiger partial charge is 0.274 e. The minimum absolute atomic E-state index is 0.0667. The van der Waals surface area contributed by atoms with Gasteiger partial charge in [0.25, 0.3) is 11.8 Å². The van der Waals surface area contributed by atoms with E-state index in [-0.39, 0.29) is 23.7 Å². The van der Waals surface area contributed by atoms with Crippen molar-refractivity contribution >= 4 is 23.2 Å². The van der Waals surface area contributed by atoms with Crippen molar-refractivity contribution in [2.45, 2.75) is 0 Å². The maximum atomic E-state index is 13.6. The molecule has 2 N–H and O–H groups in total. The number of hydrogen-bond acceptors (Lipinski definition) is 4. The second-order valence-corrected chi connectivity index (χ2v) is 5.65. The van der Waals surface area contributed by atoms with Crippen molar-refractivity contribution in [2.75, 3.05) is 17.2 Å². The molecule has 0 atom stereocenters. The molecule has 1 heterocycles. The molecular weight excluding hydrogens is 368 g/mol. The zero-order chi connectivity index (χ0) is 19.9. The maximum Gasteiger partial charge on any atom is 0.274 e. The molecule has 0 bridgehead atoms. The molecule has 2 aromatic carbocycles. The minimum atomic E-state index is -0.592. The molecule has 0 saturated heterocycles. The molecule has 2 amide bonds. The molecular formula is C20H15F2N3O3. The van der Waals surface area contributed by atoms with Crippen LogP contribution in [0.2, 0.25) is 0 Å². The fourth-order valence-electron chi connectivity index (χ4n) is 2.28. The molecule has 0 spiro atoms. The van der Waals surface area contributed by atoms with Gasteiger partial charge in [-0.25, -0.2) is 8.78 Å². The quantitative estimate of drug-likeness (QED) is 0.681. The summed E-state index contributed by atoms with van der Waals surface area (Å²) in [5.41, 5.74) is 0.438. The van der Waals surface area contributed by atoms with E-state index >= 15 is 0 Å². The zero-order valence-electron chi connectivity index (χ0n) is 14.5. The molecule has 0 fully saturated rings. The second kappa shape index (κ2) is 8.72. The number of nitrogens with one attached hydrogen (secondary N) is 2. The highest BCUT2D eigenvalue weighted by molar-refractivity contribution is 6.06. The molecule has 8 heteroatoms. The summed E-state index contributed by atoms with van der Waals surface area (Å²) in [6.45, 7) is -0.379. The molecule has 3 rings (SSSR count). The third kappa shape index (κ3) is 5.10. The molecule has 3 aromatic rings. The Hall–Kier alpha value is -3.81. The third-order valence-electron chi connectivity index (χ3n) is 3.59. The molecule has 1 aromatic heterocycles. The number of carbonyl (C=O) groups excluding carboxylic acids is 2. The summed E-state index contributed by atoms with van der Waals surface area (Å²) >= 11 is 0. The lowest BCUT2D eigenvalue weighted by molar-refractivity contribution is -0.118. The van der Waals surface area contributed by atoms with E-state index in [9.17, 15) is 18.4 Å². The van der Waals surface area contributed by atoms with Crippen molar-refractivity contribution < 1.29 is 23.1 Å². The van der Waals surface area contributed by atoms with Crippen LogP contribution in [0.15, 0.2) is 66.9 Å². The van der Waals surface area contributed by atoms with Crippen molar-refractivity contribution in [3.05, 3.63) is 84.2 Å². The van der Waals surface area contributed by atoms with Gasteiger partial charge in [0.1, 0.15) is 23.1 Å². The van der Waals surface area contributed by atoms with Crippen LogP contribution in [-0.4, -0.2) is 23.4 Å². The number of hydrogen-bond donors (Lipinski definition) is 2. The number of amides is 2. The van der Waals surface area contributed by atoms with E-state index in [4.69, 9.17) is 4.74 Å². The van der Waals surface area contributed by atoms with Gasteiger partial charge in [0, 0.05) is 6.20 Å². The van der Waals surface area contributed by atoms with Gasteiger partial charge in [0.15, 0.2) is 6.61 Å². The molecule has 0 saturated carbocycles. The molecule has 142 valence electrons. The van der Waals surface area contributed by atoms with Gasteiger partial charge in [0.2, 0.25) is 0 Å². The van der Waals surface area contributed by atoms with E-state index in [1.807, 2.05) is 0 Å². The predicted molar refractivity (Wildman–Crippen MR) is 99.1 cm³/mol. The van der Waals surface area contributed by atoms with Crippen molar-refractivity contribution in [2.24, 2.45) is 0 Å². The molecule has 0 unspecified atom stereocenters. The van der Waals surface area contributed by atoms with Crippen LogP contribution in [0.4, 0.5) is 20.2 Å². The van der Waals surface area contributed by atoms with E-state index in [1.54, 1.807) is 12.1 Å². The van der Waals surface area contributed by atoms with Crippen molar-refractivity contribution in [3.63, 3.8) is 0 Å².